The van der Waals surface area contributed by atoms with Crippen LogP contribution in [-0.4, -0.2) is 17.6 Å². The zero-order valence-electron chi connectivity index (χ0n) is 7.87. The van der Waals surface area contributed by atoms with Gasteiger partial charge in [-0.3, -0.25) is 4.79 Å². The molecule has 1 aromatic carbocycles. The Morgan fingerprint density at radius 2 is 2.29 bits per heavy atom. The van der Waals surface area contributed by atoms with Gasteiger partial charge in [0.15, 0.2) is 0 Å². The van der Waals surface area contributed by atoms with Crippen molar-refractivity contribution in [3.05, 3.63) is 34.9 Å². The summed E-state index contributed by atoms with van der Waals surface area (Å²) in [5.41, 5.74) is 7.15. The summed E-state index contributed by atoms with van der Waals surface area (Å²) in [6.07, 6.45) is 0. The minimum Gasteiger partial charge on any atom is -0.384 e. The van der Waals surface area contributed by atoms with Gasteiger partial charge in [-0.1, -0.05) is 17.9 Å². The molecule has 0 aliphatic heterocycles. The lowest BCUT2D eigenvalue weighted by Crippen LogP contribution is -2.12. The van der Waals surface area contributed by atoms with Gasteiger partial charge in [-0.15, -0.1) is 0 Å². The van der Waals surface area contributed by atoms with Crippen molar-refractivity contribution in [2.24, 2.45) is 5.73 Å². The number of carbonyl (C=O) groups is 1. The van der Waals surface area contributed by atoms with Crippen molar-refractivity contribution in [2.45, 2.75) is 6.92 Å². The van der Waals surface area contributed by atoms with Gasteiger partial charge in [-0.05, 0) is 24.6 Å². The highest BCUT2D eigenvalue weighted by Gasteiger charge is 2.04. The molecule has 0 aliphatic carbocycles. The lowest BCUT2D eigenvalue weighted by atomic mass is 10.0. The highest BCUT2D eigenvalue weighted by molar-refractivity contribution is 5.94. The summed E-state index contributed by atoms with van der Waals surface area (Å²) in [5.74, 6) is 4.75. The van der Waals surface area contributed by atoms with E-state index in [9.17, 15) is 4.79 Å². The standard InChI is InChI=1S/C11H11NO2/c1-8-4-5-9(3-2-6-13)7-10(8)11(12)14/h4-5,7,13H,6H2,1H3,(H2,12,14). The van der Waals surface area contributed by atoms with Crippen LogP contribution in [0, 0.1) is 18.8 Å². The molecule has 0 unspecified atom stereocenters. The van der Waals surface area contributed by atoms with Crippen LogP contribution in [0.1, 0.15) is 21.5 Å². The highest BCUT2D eigenvalue weighted by Crippen LogP contribution is 2.09. The van der Waals surface area contributed by atoms with Crippen LogP contribution in [0.4, 0.5) is 0 Å². The van der Waals surface area contributed by atoms with Crippen LogP contribution in [-0.2, 0) is 0 Å². The zero-order chi connectivity index (χ0) is 10.6. The Labute approximate surface area is 82.6 Å². The van der Waals surface area contributed by atoms with Crippen LogP contribution in [0.5, 0.6) is 0 Å². The molecule has 0 aliphatic rings. The Morgan fingerprint density at radius 3 is 2.86 bits per heavy atom. The van der Waals surface area contributed by atoms with Crippen LogP contribution in [0.3, 0.4) is 0 Å². The third kappa shape index (κ3) is 2.35. The van der Waals surface area contributed by atoms with Crippen molar-refractivity contribution in [2.75, 3.05) is 6.61 Å². The molecule has 14 heavy (non-hydrogen) atoms. The fraction of sp³-hybridized carbons (Fsp3) is 0.182. The van der Waals surface area contributed by atoms with Gasteiger partial charge in [0.2, 0.25) is 5.91 Å². The Hall–Kier alpha value is -1.79. The first-order valence-corrected chi connectivity index (χ1v) is 4.15. The Morgan fingerprint density at radius 1 is 1.57 bits per heavy atom. The van der Waals surface area contributed by atoms with Gasteiger partial charge in [0.05, 0.1) is 0 Å². The lowest BCUT2D eigenvalue weighted by Gasteiger charge is -2.01. The second-order valence-electron chi connectivity index (χ2n) is 2.85. The fourth-order valence-corrected chi connectivity index (χ4v) is 1.11. The quantitative estimate of drug-likeness (QED) is 0.629. The van der Waals surface area contributed by atoms with E-state index < -0.39 is 5.91 Å². The van der Waals surface area contributed by atoms with Crippen molar-refractivity contribution >= 4 is 5.91 Å². The second-order valence-corrected chi connectivity index (χ2v) is 2.85. The average molecular weight is 189 g/mol. The van der Waals surface area contributed by atoms with Crippen molar-refractivity contribution in [3.8, 4) is 11.8 Å². The molecule has 0 aromatic heterocycles. The molecule has 0 bridgehead atoms. The highest BCUT2D eigenvalue weighted by atomic mass is 16.2. The molecule has 0 spiro atoms. The van der Waals surface area contributed by atoms with Gasteiger partial charge < -0.3 is 10.8 Å². The summed E-state index contributed by atoms with van der Waals surface area (Å²) in [7, 11) is 0. The molecule has 3 N–H and O–H groups in total. The molecule has 3 heteroatoms. The SMILES string of the molecule is Cc1ccc(C#CCO)cc1C(N)=O. The molecule has 1 amide bonds. The molecule has 1 rings (SSSR count). The molecule has 0 saturated heterocycles. The fourth-order valence-electron chi connectivity index (χ4n) is 1.11. The minimum atomic E-state index is -0.463. The van der Waals surface area contributed by atoms with Crippen LogP contribution in [0.25, 0.3) is 0 Å². The van der Waals surface area contributed by atoms with E-state index in [-0.39, 0.29) is 6.61 Å². The monoisotopic (exact) mass is 189 g/mol. The molecule has 0 atom stereocenters. The number of primary amides is 1. The van der Waals surface area contributed by atoms with Crippen LogP contribution in [0.15, 0.2) is 18.2 Å². The smallest absolute Gasteiger partial charge is 0.249 e. The maximum Gasteiger partial charge on any atom is 0.249 e. The first-order chi connectivity index (χ1) is 6.65. The normalized spacial score (nSPS) is 9.00. The molecule has 72 valence electrons. The van der Waals surface area contributed by atoms with Gasteiger partial charge >= 0.3 is 0 Å². The van der Waals surface area contributed by atoms with Crippen molar-refractivity contribution in [1.29, 1.82) is 0 Å². The Kier molecular flexibility index (Phi) is 3.27. The number of benzene rings is 1. The molecule has 0 saturated carbocycles. The largest absolute Gasteiger partial charge is 0.384 e. The van der Waals surface area contributed by atoms with Crippen molar-refractivity contribution in [1.82, 2.24) is 0 Å². The van der Waals surface area contributed by atoms with E-state index in [0.29, 0.717) is 11.1 Å². The van der Waals surface area contributed by atoms with E-state index in [4.69, 9.17) is 10.8 Å². The average Bonchev–Trinajstić information content (AvgIpc) is 2.16. The maximum absolute atomic E-state index is 11.0. The van der Waals surface area contributed by atoms with E-state index in [0.717, 1.165) is 5.56 Å². The summed E-state index contributed by atoms with van der Waals surface area (Å²) >= 11 is 0. The lowest BCUT2D eigenvalue weighted by molar-refractivity contribution is 0.0999. The molecular formula is C11H11NO2. The maximum atomic E-state index is 11.0. The number of hydrogen-bond acceptors (Lipinski definition) is 2. The number of aryl methyl sites for hydroxylation is 1. The minimum absolute atomic E-state index is 0.195. The second kappa shape index (κ2) is 4.45. The van der Waals surface area contributed by atoms with E-state index in [1.54, 1.807) is 18.2 Å². The third-order valence-corrected chi connectivity index (χ3v) is 1.81. The number of nitrogens with two attached hydrogens (primary N) is 1. The summed E-state index contributed by atoms with van der Waals surface area (Å²) in [6.45, 7) is 1.61. The van der Waals surface area contributed by atoms with E-state index in [1.807, 2.05) is 6.92 Å². The Bertz CT molecular complexity index is 413. The molecule has 0 radical (unpaired) electrons. The zero-order valence-corrected chi connectivity index (χ0v) is 7.87. The van der Waals surface area contributed by atoms with Crippen molar-refractivity contribution < 1.29 is 9.90 Å². The van der Waals surface area contributed by atoms with Crippen LogP contribution < -0.4 is 5.73 Å². The van der Waals surface area contributed by atoms with Gasteiger partial charge in [0.25, 0.3) is 0 Å². The number of aliphatic hydroxyl groups excluding tert-OH is 1. The molecule has 3 nitrogen and oxygen atoms in total. The number of aliphatic hydroxyl groups is 1. The number of rotatable bonds is 1. The first kappa shape index (κ1) is 10.3. The van der Waals surface area contributed by atoms with E-state index in [1.165, 1.54) is 0 Å². The van der Waals surface area contributed by atoms with Gasteiger partial charge in [-0.2, -0.15) is 0 Å². The van der Waals surface area contributed by atoms with Gasteiger partial charge in [-0.25, -0.2) is 0 Å². The van der Waals surface area contributed by atoms with Crippen molar-refractivity contribution in [3.63, 3.8) is 0 Å². The molecule has 1 aromatic rings. The van der Waals surface area contributed by atoms with Gasteiger partial charge in [0, 0.05) is 11.1 Å². The van der Waals surface area contributed by atoms with Gasteiger partial charge in [0.1, 0.15) is 6.61 Å². The third-order valence-electron chi connectivity index (χ3n) is 1.81. The summed E-state index contributed by atoms with van der Waals surface area (Å²) in [4.78, 5) is 11.0. The number of hydrogen-bond donors (Lipinski definition) is 2. The van der Waals surface area contributed by atoms with E-state index >= 15 is 0 Å². The predicted octanol–water partition coefficient (Wildman–Crippen LogP) is 0.438. The molecule has 0 fully saturated rings. The molecule has 0 heterocycles. The first-order valence-electron chi connectivity index (χ1n) is 4.15. The number of carbonyl (C=O) groups excluding carboxylic acids is 1. The van der Waals surface area contributed by atoms with E-state index in [2.05, 4.69) is 11.8 Å². The number of amides is 1. The summed E-state index contributed by atoms with van der Waals surface area (Å²) in [6, 6.07) is 5.19. The summed E-state index contributed by atoms with van der Waals surface area (Å²) < 4.78 is 0. The van der Waals surface area contributed by atoms with Crippen LogP contribution >= 0.6 is 0 Å². The van der Waals surface area contributed by atoms with Crippen LogP contribution in [0.2, 0.25) is 0 Å². The summed E-state index contributed by atoms with van der Waals surface area (Å²) in [5, 5.41) is 8.50. The Balaban J connectivity index is 3.13. The topological polar surface area (TPSA) is 63.3 Å². The molecular weight excluding hydrogens is 178 g/mol. The predicted molar refractivity (Wildman–Crippen MR) is 53.7 cm³/mol.